The van der Waals surface area contributed by atoms with Gasteiger partial charge in [-0.15, -0.1) is 0 Å². The SMILES string of the molecule is COc1cccc2c1OCCCN(C(=O)C1=C(C)NC(=O)N[C@@H]1C)C2. The number of allylic oxidation sites excluding steroid dienone is 1. The number of methoxy groups -OCH3 is 1. The van der Waals surface area contributed by atoms with Crippen LogP contribution in [0.1, 0.15) is 25.8 Å². The first kappa shape index (κ1) is 17.1. The maximum atomic E-state index is 13.1. The fourth-order valence-corrected chi connectivity index (χ4v) is 3.28. The minimum Gasteiger partial charge on any atom is -0.493 e. The Morgan fingerprint density at radius 2 is 2.20 bits per heavy atom. The van der Waals surface area contributed by atoms with E-state index in [4.69, 9.17) is 9.47 Å². The monoisotopic (exact) mass is 345 g/mol. The lowest BCUT2D eigenvalue weighted by atomic mass is 10.0. The average Bonchev–Trinajstić information content (AvgIpc) is 2.53. The number of amides is 3. The van der Waals surface area contributed by atoms with Gasteiger partial charge >= 0.3 is 6.03 Å². The molecule has 25 heavy (non-hydrogen) atoms. The molecular formula is C18H23N3O4. The standard InChI is InChI=1S/C18H23N3O4/c1-11-15(12(2)20-18(23)19-11)17(22)21-8-5-9-25-16-13(10-21)6-4-7-14(16)24-3/h4,6-7,11H,5,8-10H2,1-3H3,(H2,19,20,23)/t11-/m1/s1. The molecule has 0 fully saturated rings. The number of carbonyl (C=O) groups excluding carboxylic acids is 2. The maximum Gasteiger partial charge on any atom is 0.319 e. The molecule has 2 aliphatic rings. The van der Waals surface area contributed by atoms with Crippen molar-refractivity contribution in [2.24, 2.45) is 0 Å². The lowest BCUT2D eigenvalue weighted by molar-refractivity contribution is -0.128. The first-order valence-corrected chi connectivity index (χ1v) is 8.37. The van der Waals surface area contributed by atoms with Gasteiger partial charge in [-0.25, -0.2) is 4.79 Å². The van der Waals surface area contributed by atoms with Crippen molar-refractivity contribution < 1.29 is 19.1 Å². The number of urea groups is 1. The normalized spacial score (nSPS) is 20.5. The van der Waals surface area contributed by atoms with Gasteiger partial charge in [-0.1, -0.05) is 12.1 Å². The third kappa shape index (κ3) is 3.40. The fraction of sp³-hybridized carbons (Fsp3) is 0.444. The highest BCUT2D eigenvalue weighted by molar-refractivity contribution is 5.98. The van der Waals surface area contributed by atoms with Crippen LogP contribution >= 0.6 is 0 Å². The van der Waals surface area contributed by atoms with Crippen molar-refractivity contribution in [3.05, 3.63) is 35.0 Å². The second-order valence-corrected chi connectivity index (χ2v) is 6.24. The van der Waals surface area contributed by atoms with E-state index in [1.54, 1.807) is 18.9 Å². The Kier molecular flexibility index (Phi) is 4.83. The van der Waals surface area contributed by atoms with Crippen LogP contribution in [0.25, 0.3) is 0 Å². The molecule has 7 nitrogen and oxygen atoms in total. The number of para-hydroxylation sites is 1. The van der Waals surface area contributed by atoms with Gasteiger partial charge in [0.05, 0.1) is 25.3 Å². The molecule has 0 aliphatic carbocycles. The third-order valence-corrected chi connectivity index (χ3v) is 4.46. The number of nitrogens with zero attached hydrogens (tertiary/aromatic N) is 1. The zero-order valence-electron chi connectivity index (χ0n) is 14.7. The van der Waals surface area contributed by atoms with Gasteiger partial charge in [0.2, 0.25) is 0 Å². The summed E-state index contributed by atoms with van der Waals surface area (Å²) in [5.41, 5.74) is 2.10. The molecule has 2 N–H and O–H groups in total. The second kappa shape index (κ2) is 7.04. The van der Waals surface area contributed by atoms with E-state index in [-0.39, 0.29) is 18.0 Å². The Morgan fingerprint density at radius 3 is 2.92 bits per heavy atom. The molecule has 0 saturated carbocycles. The van der Waals surface area contributed by atoms with E-state index in [1.807, 2.05) is 25.1 Å². The van der Waals surface area contributed by atoms with Crippen molar-refractivity contribution in [1.82, 2.24) is 15.5 Å². The summed E-state index contributed by atoms with van der Waals surface area (Å²) >= 11 is 0. The summed E-state index contributed by atoms with van der Waals surface area (Å²) in [4.78, 5) is 26.5. The largest absolute Gasteiger partial charge is 0.493 e. The molecule has 1 atom stereocenters. The van der Waals surface area contributed by atoms with E-state index in [1.165, 1.54) is 0 Å². The van der Waals surface area contributed by atoms with Crippen LogP contribution in [0.2, 0.25) is 0 Å². The zero-order chi connectivity index (χ0) is 18.0. The van der Waals surface area contributed by atoms with Gasteiger partial charge in [-0.05, 0) is 26.3 Å². The molecule has 1 aromatic carbocycles. The first-order valence-electron chi connectivity index (χ1n) is 8.37. The third-order valence-electron chi connectivity index (χ3n) is 4.46. The van der Waals surface area contributed by atoms with Crippen molar-refractivity contribution in [3.63, 3.8) is 0 Å². The Hall–Kier alpha value is -2.70. The highest BCUT2D eigenvalue weighted by Gasteiger charge is 2.31. The Labute approximate surface area is 147 Å². The van der Waals surface area contributed by atoms with Crippen molar-refractivity contribution in [2.45, 2.75) is 32.9 Å². The van der Waals surface area contributed by atoms with Crippen LogP contribution in [0.5, 0.6) is 11.5 Å². The van der Waals surface area contributed by atoms with Gasteiger partial charge in [-0.2, -0.15) is 0 Å². The molecule has 3 rings (SSSR count). The number of hydrogen-bond acceptors (Lipinski definition) is 4. The summed E-state index contributed by atoms with van der Waals surface area (Å²) in [6, 6.07) is 5.07. The molecule has 0 saturated heterocycles. The van der Waals surface area contributed by atoms with Crippen LogP contribution < -0.4 is 20.1 Å². The van der Waals surface area contributed by atoms with Crippen LogP contribution in [0, 0.1) is 0 Å². The number of hydrogen-bond donors (Lipinski definition) is 2. The second-order valence-electron chi connectivity index (χ2n) is 6.24. The van der Waals surface area contributed by atoms with Crippen molar-refractivity contribution in [2.75, 3.05) is 20.3 Å². The van der Waals surface area contributed by atoms with Gasteiger partial charge in [0.25, 0.3) is 5.91 Å². The summed E-state index contributed by atoms with van der Waals surface area (Å²) in [6.45, 7) is 5.11. The predicted octanol–water partition coefficient (Wildman–Crippen LogP) is 1.78. The van der Waals surface area contributed by atoms with Gasteiger partial charge in [0.1, 0.15) is 0 Å². The molecule has 0 bridgehead atoms. The van der Waals surface area contributed by atoms with Gasteiger partial charge in [-0.3, -0.25) is 4.79 Å². The van der Waals surface area contributed by atoms with E-state index < -0.39 is 0 Å². The molecule has 0 spiro atoms. The van der Waals surface area contributed by atoms with Crippen LogP contribution in [-0.2, 0) is 11.3 Å². The molecule has 3 amide bonds. The van der Waals surface area contributed by atoms with Gasteiger partial charge < -0.3 is 25.0 Å². The summed E-state index contributed by atoms with van der Waals surface area (Å²) in [5, 5.41) is 5.43. The van der Waals surface area contributed by atoms with E-state index in [9.17, 15) is 9.59 Å². The first-order chi connectivity index (χ1) is 12.0. The Bertz CT molecular complexity index is 729. The molecule has 134 valence electrons. The summed E-state index contributed by atoms with van der Waals surface area (Å²) in [5.74, 6) is 1.28. The molecule has 1 aromatic rings. The van der Waals surface area contributed by atoms with E-state index in [0.717, 1.165) is 12.0 Å². The van der Waals surface area contributed by atoms with Crippen LogP contribution in [-0.4, -0.2) is 43.1 Å². The lowest BCUT2D eigenvalue weighted by Crippen LogP contribution is -2.50. The highest BCUT2D eigenvalue weighted by Crippen LogP contribution is 2.33. The highest BCUT2D eigenvalue weighted by atomic mass is 16.5. The quantitative estimate of drug-likeness (QED) is 0.856. The minimum absolute atomic E-state index is 0.0758. The van der Waals surface area contributed by atoms with Crippen LogP contribution in [0.15, 0.2) is 29.5 Å². The van der Waals surface area contributed by atoms with Crippen LogP contribution in [0.4, 0.5) is 4.79 Å². The molecule has 0 unspecified atom stereocenters. The molecule has 2 aliphatic heterocycles. The summed E-state index contributed by atoms with van der Waals surface area (Å²) in [7, 11) is 1.60. The maximum absolute atomic E-state index is 13.1. The Balaban J connectivity index is 1.90. The number of ether oxygens (including phenoxy) is 2. The Morgan fingerprint density at radius 1 is 1.40 bits per heavy atom. The zero-order valence-corrected chi connectivity index (χ0v) is 14.7. The van der Waals surface area contributed by atoms with Gasteiger partial charge in [0, 0.05) is 24.4 Å². The molecule has 0 radical (unpaired) electrons. The van der Waals surface area contributed by atoms with E-state index in [2.05, 4.69) is 10.6 Å². The number of nitrogens with one attached hydrogen (secondary N) is 2. The predicted molar refractivity (Wildman–Crippen MR) is 92.4 cm³/mol. The summed E-state index contributed by atoms with van der Waals surface area (Å²) in [6.07, 6.45) is 0.726. The minimum atomic E-state index is -0.326. The molecule has 0 aromatic heterocycles. The van der Waals surface area contributed by atoms with Crippen LogP contribution in [0.3, 0.4) is 0 Å². The van der Waals surface area contributed by atoms with Crippen molar-refractivity contribution in [1.29, 1.82) is 0 Å². The molecular weight excluding hydrogens is 322 g/mol. The number of rotatable bonds is 2. The lowest BCUT2D eigenvalue weighted by Gasteiger charge is -2.32. The average molecular weight is 345 g/mol. The smallest absolute Gasteiger partial charge is 0.319 e. The number of carbonyl (C=O) groups is 2. The van der Waals surface area contributed by atoms with Crippen molar-refractivity contribution >= 4 is 11.9 Å². The topological polar surface area (TPSA) is 79.9 Å². The molecule has 7 heteroatoms. The van der Waals surface area contributed by atoms with E-state index in [0.29, 0.717) is 42.5 Å². The molecule has 2 heterocycles. The fourth-order valence-electron chi connectivity index (χ4n) is 3.28. The summed E-state index contributed by atoms with van der Waals surface area (Å²) < 4.78 is 11.2. The van der Waals surface area contributed by atoms with Gasteiger partial charge in [0.15, 0.2) is 11.5 Å². The van der Waals surface area contributed by atoms with E-state index >= 15 is 0 Å². The van der Waals surface area contributed by atoms with Crippen molar-refractivity contribution in [3.8, 4) is 11.5 Å². The number of fused-ring (bicyclic) bond motifs is 1. The number of benzene rings is 1.